The summed E-state index contributed by atoms with van der Waals surface area (Å²) in [5.41, 5.74) is 7.23. The number of benzene rings is 1. The molecule has 1 nitrogen and oxygen atoms in total. The van der Waals surface area contributed by atoms with Gasteiger partial charge < -0.3 is 5.73 Å². The van der Waals surface area contributed by atoms with E-state index < -0.39 is 0 Å². The Morgan fingerprint density at radius 3 is 2.53 bits per heavy atom. The van der Waals surface area contributed by atoms with Crippen LogP contribution in [0.2, 0.25) is 0 Å². The van der Waals surface area contributed by atoms with Gasteiger partial charge in [0.2, 0.25) is 0 Å². The topological polar surface area (TPSA) is 26.0 Å². The fraction of sp³-hybridized carbons (Fsp3) is 0.625. The second-order valence-electron chi connectivity index (χ2n) is 5.27. The van der Waals surface area contributed by atoms with Crippen LogP contribution in [0.5, 0.6) is 0 Å². The summed E-state index contributed by atoms with van der Waals surface area (Å²) in [6, 6.07) is 5.33. The largest absolute Gasteiger partial charge is 0.327 e. The molecule has 0 heterocycles. The van der Waals surface area contributed by atoms with Crippen molar-refractivity contribution in [1.82, 2.24) is 0 Å². The minimum atomic E-state index is -0.215. The number of hydrogen-bond acceptors (Lipinski definition) is 1. The van der Waals surface area contributed by atoms with Gasteiger partial charge in [0.25, 0.3) is 0 Å². The van der Waals surface area contributed by atoms with E-state index in [1.54, 1.807) is 0 Å². The smallest absolute Gasteiger partial charge is 0.137 e. The first kappa shape index (κ1) is 16.6. The van der Waals surface area contributed by atoms with Crippen molar-refractivity contribution in [2.24, 2.45) is 5.73 Å². The lowest BCUT2D eigenvalue weighted by molar-refractivity contribution is 0.532. The maximum absolute atomic E-state index is 13.1. The van der Waals surface area contributed by atoms with E-state index >= 15 is 0 Å². The predicted octanol–water partition coefficient (Wildman–Crippen LogP) is 5.21. The number of rotatable bonds is 9. The zero-order chi connectivity index (χ0) is 14.1. The fourth-order valence-electron chi connectivity index (χ4n) is 2.26. The minimum absolute atomic E-state index is 0.184. The summed E-state index contributed by atoms with van der Waals surface area (Å²) in [5, 5.41) is 0. The Labute approximate surface area is 124 Å². The third-order valence-electron chi connectivity index (χ3n) is 3.41. The highest BCUT2D eigenvalue weighted by Crippen LogP contribution is 2.18. The number of hydrogen-bond donors (Lipinski definition) is 1. The van der Waals surface area contributed by atoms with Crippen LogP contribution in [0.1, 0.15) is 57.4 Å². The first-order valence-electron chi connectivity index (χ1n) is 7.33. The van der Waals surface area contributed by atoms with E-state index in [0.29, 0.717) is 4.47 Å². The number of halogens is 2. The van der Waals surface area contributed by atoms with E-state index in [2.05, 4.69) is 22.9 Å². The maximum atomic E-state index is 13.1. The Morgan fingerprint density at radius 1 is 1.16 bits per heavy atom. The van der Waals surface area contributed by atoms with Crippen LogP contribution in [0.4, 0.5) is 4.39 Å². The molecule has 0 spiro atoms. The lowest BCUT2D eigenvalue weighted by Gasteiger charge is -2.12. The summed E-state index contributed by atoms with van der Waals surface area (Å²) >= 11 is 3.21. The Bertz CT molecular complexity index is 368. The summed E-state index contributed by atoms with van der Waals surface area (Å²) in [4.78, 5) is 0. The minimum Gasteiger partial charge on any atom is -0.327 e. The van der Waals surface area contributed by atoms with Gasteiger partial charge in [0, 0.05) is 6.04 Å². The van der Waals surface area contributed by atoms with Crippen molar-refractivity contribution < 1.29 is 4.39 Å². The SMILES string of the molecule is CCCCCCCCC(N)Cc1ccc(F)c(Br)c1. The van der Waals surface area contributed by atoms with Crippen LogP contribution in [-0.2, 0) is 6.42 Å². The second-order valence-corrected chi connectivity index (χ2v) is 6.12. The highest BCUT2D eigenvalue weighted by Gasteiger charge is 2.06. The molecule has 0 amide bonds. The molecule has 0 aliphatic heterocycles. The molecule has 1 atom stereocenters. The first-order valence-corrected chi connectivity index (χ1v) is 8.12. The van der Waals surface area contributed by atoms with Crippen molar-refractivity contribution >= 4 is 15.9 Å². The van der Waals surface area contributed by atoms with Gasteiger partial charge in [-0.2, -0.15) is 0 Å². The van der Waals surface area contributed by atoms with Gasteiger partial charge in [0.05, 0.1) is 4.47 Å². The average Bonchev–Trinajstić information content (AvgIpc) is 2.38. The molecule has 0 saturated heterocycles. The molecule has 0 bridgehead atoms. The molecular formula is C16H25BrFN. The van der Waals surface area contributed by atoms with Crippen LogP contribution in [0.15, 0.2) is 22.7 Å². The Hall–Kier alpha value is -0.410. The molecule has 1 rings (SSSR count). The summed E-state index contributed by atoms with van der Waals surface area (Å²) in [5.74, 6) is -0.215. The number of nitrogens with two attached hydrogens (primary N) is 1. The normalized spacial score (nSPS) is 12.6. The molecule has 0 radical (unpaired) electrons. The van der Waals surface area contributed by atoms with Crippen molar-refractivity contribution in [1.29, 1.82) is 0 Å². The highest BCUT2D eigenvalue weighted by atomic mass is 79.9. The standard InChI is InChI=1S/C16H25BrFN/c1-2-3-4-5-6-7-8-14(19)11-13-9-10-16(18)15(17)12-13/h9-10,12,14H,2-8,11,19H2,1H3. The van der Waals surface area contributed by atoms with Crippen LogP contribution in [0.3, 0.4) is 0 Å². The molecule has 0 aromatic heterocycles. The van der Waals surface area contributed by atoms with E-state index in [1.807, 2.05) is 12.1 Å². The van der Waals surface area contributed by atoms with Gasteiger partial charge in [-0.15, -0.1) is 0 Å². The first-order chi connectivity index (χ1) is 9.13. The van der Waals surface area contributed by atoms with Crippen molar-refractivity contribution in [3.8, 4) is 0 Å². The van der Waals surface area contributed by atoms with Gasteiger partial charge in [-0.05, 0) is 46.5 Å². The van der Waals surface area contributed by atoms with Gasteiger partial charge in [0.15, 0.2) is 0 Å². The van der Waals surface area contributed by atoms with Crippen LogP contribution in [0.25, 0.3) is 0 Å². The summed E-state index contributed by atoms with van der Waals surface area (Å²) in [6.45, 7) is 2.23. The Morgan fingerprint density at radius 2 is 1.84 bits per heavy atom. The van der Waals surface area contributed by atoms with E-state index in [4.69, 9.17) is 5.73 Å². The van der Waals surface area contributed by atoms with Crippen molar-refractivity contribution in [3.05, 3.63) is 34.1 Å². The highest BCUT2D eigenvalue weighted by molar-refractivity contribution is 9.10. The molecule has 1 aromatic rings. The van der Waals surface area contributed by atoms with Gasteiger partial charge in [-0.3, -0.25) is 0 Å². The zero-order valence-corrected chi connectivity index (χ0v) is 13.4. The lowest BCUT2D eigenvalue weighted by Crippen LogP contribution is -2.22. The van der Waals surface area contributed by atoms with Crippen LogP contribution >= 0.6 is 15.9 Å². The third-order valence-corrected chi connectivity index (χ3v) is 4.02. The van der Waals surface area contributed by atoms with Crippen molar-refractivity contribution in [3.63, 3.8) is 0 Å². The summed E-state index contributed by atoms with van der Waals surface area (Å²) in [6.07, 6.45) is 9.66. The second kappa shape index (κ2) is 9.49. The monoisotopic (exact) mass is 329 g/mol. The molecular weight excluding hydrogens is 305 g/mol. The van der Waals surface area contributed by atoms with Crippen molar-refractivity contribution in [2.75, 3.05) is 0 Å². The molecule has 0 fully saturated rings. The predicted molar refractivity (Wildman–Crippen MR) is 83.8 cm³/mol. The molecule has 0 aliphatic carbocycles. The molecule has 2 N–H and O–H groups in total. The lowest BCUT2D eigenvalue weighted by atomic mass is 10.0. The third kappa shape index (κ3) is 7.07. The molecule has 19 heavy (non-hydrogen) atoms. The quantitative estimate of drug-likeness (QED) is 0.618. The Kier molecular flexibility index (Phi) is 8.31. The van der Waals surface area contributed by atoms with Gasteiger partial charge in [-0.1, -0.05) is 51.5 Å². The van der Waals surface area contributed by atoms with Crippen LogP contribution in [-0.4, -0.2) is 6.04 Å². The summed E-state index contributed by atoms with van der Waals surface area (Å²) in [7, 11) is 0. The zero-order valence-electron chi connectivity index (χ0n) is 11.8. The van der Waals surface area contributed by atoms with E-state index in [1.165, 1.54) is 44.6 Å². The number of unbranched alkanes of at least 4 members (excludes halogenated alkanes) is 5. The molecule has 3 heteroatoms. The maximum Gasteiger partial charge on any atom is 0.137 e. The van der Waals surface area contributed by atoms with Crippen LogP contribution in [0, 0.1) is 5.82 Å². The molecule has 1 unspecified atom stereocenters. The van der Waals surface area contributed by atoms with E-state index in [0.717, 1.165) is 18.4 Å². The fourth-order valence-corrected chi connectivity index (χ4v) is 2.68. The Balaban J connectivity index is 2.19. The molecule has 0 saturated carbocycles. The van der Waals surface area contributed by atoms with Gasteiger partial charge in [-0.25, -0.2) is 4.39 Å². The average molecular weight is 330 g/mol. The van der Waals surface area contributed by atoms with Gasteiger partial charge >= 0.3 is 0 Å². The van der Waals surface area contributed by atoms with E-state index in [-0.39, 0.29) is 11.9 Å². The van der Waals surface area contributed by atoms with E-state index in [9.17, 15) is 4.39 Å². The van der Waals surface area contributed by atoms with Crippen molar-refractivity contribution in [2.45, 2.75) is 64.3 Å². The van der Waals surface area contributed by atoms with Crippen LogP contribution < -0.4 is 5.73 Å². The molecule has 0 aliphatic rings. The summed E-state index contributed by atoms with van der Waals surface area (Å²) < 4.78 is 13.6. The molecule has 108 valence electrons. The van der Waals surface area contributed by atoms with Gasteiger partial charge in [0.1, 0.15) is 5.82 Å². The molecule has 1 aromatic carbocycles.